The van der Waals surface area contributed by atoms with Gasteiger partial charge in [-0.25, -0.2) is 0 Å². The van der Waals surface area contributed by atoms with Crippen LogP contribution in [0.15, 0.2) is 36.4 Å². The highest BCUT2D eigenvalue weighted by Crippen LogP contribution is 2.29. The van der Waals surface area contributed by atoms with Gasteiger partial charge in [-0.1, -0.05) is 46.9 Å². The van der Waals surface area contributed by atoms with E-state index in [-0.39, 0.29) is 0 Å². The Labute approximate surface area is 138 Å². The number of rotatable bonds is 2. The van der Waals surface area contributed by atoms with Crippen molar-refractivity contribution in [3.05, 3.63) is 57.0 Å². The third kappa shape index (κ3) is 3.76. The van der Waals surface area contributed by atoms with Gasteiger partial charge in [0.2, 0.25) is 0 Å². The second-order valence-electron chi connectivity index (χ2n) is 4.14. The van der Waals surface area contributed by atoms with E-state index in [4.69, 9.17) is 47.0 Å². The third-order valence-corrected chi connectivity index (χ3v) is 4.06. The van der Waals surface area contributed by atoms with Crippen LogP contribution in [0, 0.1) is 6.92 Å². The molecule has 0 bridgehead atoms. The smallest absolute Gasteiger partial charge is 0.175 e. The lowest BCUT2D eigenvalue weighted by molar-refractivity contribution is 1.46. The van der Waals surface area contributed by atoms with Crippen molar-refractivity contribution in [2.75, 3.05) is 10.6 Å². The molecule has 104 valence electrons. The monoisotopic (exact) mass is 344 g/mol. The molecule has 6 heteroatoms. The van der Waals surface area contributed by atoms with Crippen LogP contribution in [0.4, 0.5) is 11.4 Å². The van der Waals surface area contributed by atoms with Crippen molar-refractivity contribution >= 4 is 63.5 Å². The molecular weight excluding hydrogens is 335 g/mol. The average Bonchev–Trinajstić information content (AvgIpc) is 2.39. The van der Waals surface area contributed by atoms with Crippen molar-refractivity contribution in [1.29, 1.82) is 0 Å². The zero-order valence-electron chi connectivity index (χ0n) is 10.5. The van der Waals surface area contributed by atoms with E-state index >= 15 is 0 Å². The first-order valence-corrected chi connectivity index (χ1v) is 7.30. The summed E-state index contributed by atoms with van der Waals surface area (Å²) in [5.74, 6) is 0. The molecule has 0 aliphatic rings. The van der Waals surface area contributed by atoms with Crippen LogP contribution in [0.25, 0.3) is 0 Å². The van der Waals surface area contributed by atoms with E-state index in [1.165, 1.54) is 0 Å². The normalized spacial score (nSPS) is 10.2. The minimum absolute atomic E-state index is 0.411. The largest absolute Gasteiger partial charge is 0.332 e. The standard InChI is InChI=1S/C14H11Cl3N2S/c1-8-5-6-9(7-11(8)16)18-14(20)19-12-4-2-3-10(15)13(12)17/h2-7H,1H3,(H2,18,19,20). The van der Waals surface area contributed by atoms with Crippen molar-refractivity contribution in [2.45, 2.75) is 6.92 Å². The Bertz CT molecular complexity index is 659. The number of thiocarbonyl (C=S) groups is 1. The summed E-state index contributed by atoms with van der Waals surface area (Å²) in [6.45, 7) is 1.94. The molecule has 20 heavy (non-hydrogen) atoms. The van der Waals surface area contributed by atoms with Crippen molar-refractivity contribution in [1.82, 2.24) is 0 Å². The fourth-order valence-electron chi connectivity index (χ4n) is 1.56. The first-order chi connectivity index (χ1) is 9.47. The van der Waals surface area contributed by atoms with E-state index in [0.717, 1.165) is 11.3 Å². The van der Waals surface area contributed by atoms with Crippen LogP contribution in [-0.4, -0.2) is 5.11 Å². The van der Waals surface area contributed by atoms with Crippen molar-refractivity contribution in [3.63, 3.8) is 0 Å². The minimum atomic E-state index is 0.411. The summed E-state index contributed by atoms with van der Waals surface area (Å²) >= 11 is 23.3. The maximum atomic E-state index is 6.08. The molecule has 0 radical (unpaired) electrons. The van der Waals surface area contributed by atoms with Gasteiger partial charge in [0.15, 0.2) is 5.11 Å². The van der Waals surface area contributed by atoms with Gasteiger partial charge in [0.1, 0.15) is 0 Å². The highest BCUT2D eigenvalue weighted by atomic mass is 35.5. The maximum absolute atomic E-state index is 6.08. The van der Waals surface area contributed by atoms with Gasteiger partial charge in [0.05, 0.1) is 15.7 Å². The van der Waals surface area contributed by atoms with E-state index in [0.29, 0.717) is 25.9 Å². The fraction of sp³-hybridized carbons (Fsp3) is 0.0714. The van der Waals surface area contributed by atoms with Gasteiger partial charge in [-0.2, -0.15) is 0 Å². The second kappa shape index (κ2) is 6.64. The molecule has 0 atom stereocenters. The summed E-state index contributed by atoms with van der Waals surface area (Å²) in [5, 5.41) is 8.03. The molecular formula is C14H11Cl3N2S. The number of benzene rings is 2. The van der Waals surface area contributed by atoms with E-state index in [9.17, 15) is 0 Å². The van der Waals surface area contributed by atoms with Crippen molar-refractivity contribution in [2.24, 2.45) is 0 Å². The van der Waals surface area contributed by atoms with Crippen molar-refractivity contribution < 1.29 is 0 Å². The Hall–Kier alpha value is -1.000. The number of nitrogens with one attached hydrogen (secondary N) is 2. The molecule has 0 saturated heterocycles. The number of hydrogen-bond acceptors (Lipinski definition) is 1. The molecule has 0 spiro atoms. The van der Waals surface area contributed by atoms with Gasteiger partial charge in [-0.3, -0.25) is 0 Å². The summed E-state index contributed by atoms with van der Waals surface area (Å²) < 4.78 is 0. The topological polar surface area (TPSA) is 24.1 Å². The van der Waals surface area contributed by atoms with Gasteiger partial charge < -0.3 is 10.6 Å². The molecule has 2 nitrogen and oxygen atoms in total. The Kier molecular flexibility index (Phi) is 5.11. The molecule has 2 rings (SSSR count). The Morgan fingerprint density at radius 1 is 1.00 bits per heavy atom. The van der Waals surface area contributed by atoms with E-state index < -0.39 is 0 Å². The van der Waals surface area contributed by atoms with Gasteiger partial charge in [0.25, 0.3) is 0 Å². The van der Waals surface area contributed by atoms with Crippen LogP contribution in [-0.2, 0) is 0 Å². The van der Waals surface area contributed by atoms with Crippen LogP contribution >= 0.6 is 47.0 Å². The molecule has 0 unspecified atom stereocenters. The van der Waals surface area contributed by atoms with Gasteiger partial charge in [-0.05, 0) is 49.0 Å². The lowest BCUT2D eigenvalue weighted by Crippen LogP contribution is -2.19. The molecule has 0 amide bonds. The molecule has 0 fully saturated rings. The van der Waals surface area contributed by atoms with Crippen LogP contribution in [0.3, 0.4) is 0 Å². The lowest BCUT2D eigenvalue weighted by Gasteiger charge is -2.13. The van der Waals surface area contributed by atoms with Crippen molar-refractivity contribution in [3.8, 4) is 0 Å². The van der Waals surface area contributed by atoms with E-state index in [1.54, 1.807) is 18.2 Å². The first-order valence-electron chi connectivity index (χ1n) is 5.75. The third-order valence-electron chi connectivity index (χ3n) is 2.63. The highest BCUT2D eigenvalue weighted by molar-refractivity contribution is 7.80. The molecule has 2 aromatic rings. The minimum Gasteiger partial charge on any atom is -0.332 e. The van der Waals surface area contributed by atoms with Crippen LogP contribution < -0.4 is 10.6 Å². The molecule has 0 aliphatic heterocycles. The van der Waals surface area contributed by atoms with Crippen LogP contribution in [0.1, 0.15) is 5.56 Å². The second-order valence-corrected chi connectivity index (χ2v) is 5.75. The number of anilines is 2. The SMILES string of the molecule is Cc1ccc(NC(=S)Nc2cccc(Cl)c2Cl)cc1Cl. The highest BCUT2D eigenvalue weighted by Gasteiger charge is 2.06. The maximum Gasteiger partial charge on any atom is 0.175 e. The summed E-state index contributed by atoms with van der Waals surface area (Å²) in [4.78, 5) is 0. The Morgan fingerprint density at radius 3 is 2.45 bits per heavy atom. The van der Waals surface area contributed by atoms with Crippen LogP contribution in [0.2, 0.25) is 15.1 Å². The Morgan fingerprint density at radius 2 is 1.75 bits per heavy atom. The van der Waals surface area contributed by atoms with E-state index in [2.05, 4.69) is 10.6 Å². The fourth-order valence-corrected chi connectivity index (χ4v) is 2.31. The van der Waals surface area contributed by atoms with Crippen LogP contribution in [0.5, 0.6) is 0 Å². The number of halogens is 3. The summed E-state index contributed by atoms with van der Waals surface area (Å²) in [6.07, 6.45) is 0. The quantitative estimate of drug-likeness (QED) is 0.676. The molecule has 0 aliphatic carbocycles. The average molecular weight is 346 g/mol. The molecule has 0 heterocycles. The molecule has 2 N–H and O–H groups in total. The number of hydrogen-bond donors (Lipinski definition) is 2. The number of aryl methyl sites for hydroxylation is 1. The Balaban J connectivity index is 2.09. The zero-order chi connectivity index (χ0) is 14.7. The molecule has 0 aromatic heterocycles. The summed E-state index contributed by atoms with van der Waals surface area (Å²) in [6, 6.07) is 10.9. The molecule has 0 saturated carbocycles. The van der Waals surface area contributed by atoms with Gasteiger partial charge in [0, 0.05) is 10.7 Å². The van der Waals surface area contributed by atoms with Gasteiger partial charge >= 0.3 is 0 Å². The molecule has 2 aromatic carbocycles. The predicted molar refractivity (Wildman–Crippen MR) is 92.5 cm³/mol. The lowest BCUT2D eigenvalue weighted by atomic mass is 10.2. The predicted octanol–water partition coefficient (Wildman–Crippen LogP) is 5.76. The summed E-state index contributed by atoms with van der Waals surface area (Å²) in [5.41, 5.74) is 2.46. The van der Waals surface area contributed by atoms with E-state index in [1.807, 2.05) is 25.1 Å². The van der Waals surface area contributed by atoms with Gasteiger partial charge in [-0.15, -0.1) is 0 Å². The first kappa shape index (κ1) is 15.4. The zero-order valence-corrected chi connectivity index (χ0v) is 13.6. The summed E-state index contributed by atoms with van der Waals surface area (Å²) in [7, 11) is 0.